The van der Waals surface area contributed by atoms with E-state index in [1.807, 2.05) is 25.1 Å². The van der Waals surface area contributed by atoms with Crippen LogP contribution in [0.15, 0.2) is 24.3 Å². The van der Waals surface area contributed by atoms with Gasteiger partial charge >= 0.3 is 0 Å². The molecule has 3 N–H and O–H groups in total. The average molecular weight is 191 g/mol. The van der Waals surface area contributed by atoms with Crippen molar-refractivity contribution in [2.45, 2.75) is 13.5 Å². The maximum absolute atomic E-state index is 10.5. The second-order valence-corrected chi connectivity index (χ2v) is 3.08. The summed E-state index contributed by atoms with van der Waals surface area (Å²) in [4.78, 5) is 10.5. The van der Waals surface area contributed by atoms with Gasteiger partial charge in [0, 0.05) is 6.08 Å². The zero-order chi connectivity index (χ0) is 10.6. The Bertz CT molecular complexity index is 370. The van der Waals surface area contributed by atoms with E-state index < -0.39 is 5.91 Å². The third kappa shape index (κ3) is 2.71. The van der Waals surface area contributed by atoms with Crippen LogP contribution in [-0.4, -0.2) is 11.0 Å². The molecule has 1 aromatic carbocycles. The number of aryl methyl sites for hydroxylation is 1. The number of carbonyl (C=O) groups is 1. The monoisotopic (exact) mass is 191 g/mol. The van der Waals surface area contributed by atoms with E-state index in [1.54, 1.807) is 6.08 Å². The Morgan fingerprint density at radius 3 is 2.79 bits per heavy atom. The van der Waals surface area contributed by atoms with Crippen LogP contribution >= 0.6 is 0 Å². The second-order valence-electron chi connectivity index (χ2n) is 3.08. The van der Waals surface area contributed by atoms with Crippen molar-refractivity contribution in [2.24, 2.45) is 5.73 Å². The quantitative estimate of drug-likeness (QED) is 0.700. The van der Waals surface area contributed by atoms with Gasteiger partial charge in [0.05, 0.1) is 6.61 Å². The molecule has 0 bridgehead atoms. The predicted octanol–water partition coefficient (Wildman–Crippen LogP) is 0.986. The lowest BCUT2D eigenvalue weighted by Crippen LogP contribution is -2.05. The smallest absolute Gasteiger partial charge is 0.241 e. The van der Waals surface area contributed by atoms with Crippen molar-refractivity contribution in [2.75, 3.05) is 0 Å². The average Bonchev–Trinajstić information content (AvgIpc) is 2.15. The molecule has 0 fully saturated rings. The fourth-order valence-corrected chi connectivity index (χ4v) is 1.18. The Morgan fingerprint density at radius 2 is 2.29 bits per heavy atom. The SMILES string of the molecule is Cc1cc(C=CC(N)=O)ccc1CO. The molecule has 14 heavy (non-hydrogen) atoms. The molecule has 0 heterocycles. The summed E-state index contributed by atoms with van der Waals surface area (Å²) in [5.74, 6) is -0.464. The van der Waals surface area contributed by atoms with E-state index >= 15 is 0 Å². The first kappa shape index (κ1) is 10.5. The van der Waals surface area contributed by atoms with Crippen molar-refractivity contribution in [3.63, 3.8) is 0 Å². The summed E-state index contributed by atoms with van der Waals surface area (Å²) in [5, 5.41) is 8.94. The maximum Gasteiger partial charge on any atom is 0.241 e. The van der Waals surface area contributed by atoms with Crippen molar-refractivity contribution >= 4 is 12.0 Å². The lowest BCUT2D eigenvalue weighted by atomic mass is 10.1. The van der Waals surface area contributed by atoms with E-state index in [4.69, 9.17) is 10.8 Å². The van der Waals surface area contributed by atoms with Crippen LogP contribution in [0.5, 0.6) is 0 Å². The Kier molecular flexibility index (Phi) is 3.42. The minimum atomic E-state index is -0.464. The first-order valence-electron chi connectivity index (χ1n) is 4.31. The molecule has 0 aromatic heterocycles. The Labute approximate surface area is 82.9 Å². The van der Waals surface area contributed by atoms with E-state index in [9.17, 15) is 4.79 Å². The Balaban J connectivity index is 2.91. The summed E-state index contributed by atoms with van der Waals surface area (Å²) < 4.78 is 0. The molecule has 0 saturated carbocycles. The number of rotatable bonds is 3. The highest BCUT2D eigenvalue weighted by atomic mass is 16.3. The van der Waals surface area contributed by atoms with Gasteiger partial charge < -0.3 is 10.8 Å². The lowest BCUT2D eigenvalue weighted by Gasteiger charge is -2.02. The molecule has 1 amide bonds. The molecule has 1 rings (SSSR count). The first-order chi connectivity index (χ1) is 6.63. The number of hydrogen-bond donors (Lipinski definition) is 2. The van der Waals surface area contributed by atoms with Gasteiger partial charge in [-0.05, 0) is 29.7 Å². The van der Waals surface area contributed by atoms with Gasteiger partial charge in [0.2, 0.25) is 5.91 Å². The van der Waals surface area contributed by atoms with E-state index in [2.05, 4.69) is 0 Å². The standard InChI is InChI=1S/C11H13NO2/c1-8-6-9(3-5-11(12)14)2-4-10(8)7-13/h2-6,13H,7H2,1H3,(H2,12,14). The van der Waals surface area contributed by atoms with Crippen LogP contribution in [0.3, 0.4) is 0 Å². The van der Waals surface area contributed by atoms with Crippen LogP contribution in [0.25, 0.3) is 6.08 Å². The summed E-state index contributed by atoms with van der Waals surface area (Å²) in [6.07, 6.45) is 2.96. The molecule has 0 saturated heterocycles. The molecular weight excluding hydrogens is 178 g/mol. The lowest BCUT2D eigenvalue weighted by molar-refractivity contribution is -0.113. The molecule has 0 aliphatic rings. The van der Waals surface area contributed by atoms with Gasteiger partial charge in [0.25, 0.3) is 0 Å². The highest BCUT2D eigenvalue weighted by Crippen LogP contribution is 2.12. The molecule has 1 aromatic rings. The molecular formula is C11H13NO2. The molecule has 3 nitrogen and oxygen atoms in total. The minimum Gasteiger partial charge on any atom is -0.392 e. The van der Waals surface area contributed by atoms with Gasteiger partial charge in [0.1, 0.15) is 0 Å². The van der Waals surface area contributed by atoms with E-state index in [0.717, 1.165) is 16.7 Å². The number of aliphatic hydroxyl groups is 1. The van der Waals surface area contributed by atoms with Crippen LogP contribution in [0, 0.1) is 6.92 Å². The summed E-state index contributed by atoms with van der Waals surface area (Å²) >= 11 is 0. The van der Waals surface area contributed by atoms with Crippen molar-refractivity contribution in [3.05, 3.63) is 41.0 Å². The minimum absolute atomic E-state index is 0.0334. The van der Waals surface area contributed by atoms with Gasteiger partial charge in [-0.2, -0.15) is 0 Å². The predicted molar refractivity (Wildman–Crippen MR) is 55.3 cm³/mol. The van der Waals surface area contributed by atoms with Crippen LogP contribution in [0.2, 0.25) is 0 Å². The number of nitrogens with two attached hydrogens (primary N) is 1. The molecule has 0 spiro atoms. The number of amides is 1. The van der Waals surface area contributed by atoms with Gasteiger partial charge in [-0.3, -0.25) is 4.79 Å². The summed E-state index contributed by atoms with van der Waals surface area (Å²) in [7, 11) is 0. The number of primary amides is 1. The molecule has 0 aliphatic heterocycles. The highest BCUT2D eigenvalue weighted by molar-refractivity contribution is 5.90. The van der Waals surface area contributed by atoms with Crippen LogP contribution in [0.4, 0.5) is 0 Å². The molecule has 0 atom stereocenters. The number of hydrogen-bond acceptors (Lipinski definition) is 2. The van der Waals surface area contributed by atoms with Gasteiger partial charge in [-0.25, -0.2) is 0 Å². The van der Waals surface area contributed by atoms with Gasteiger partial charge in [-0.15, -0.1) is 0 Å². The highest BCUT2D eigenvalue weighted by Gasteiger charge is 1.96. The maximum atomic E-state index is 10.5. The zero-order valence-corrected chi connectivity index (χ0v) is 8.03. The van der Waals surface area contributed by atoms with Crippen molar-refractivity contribution in [3.8, 4) is 0 Å². The fourth-order valence-electron chi connectivity index (χ4n) is 1.18. The van der Waals surface area contributed by atoms with Crippen LogP contribution < -0.4 is 5.73 Å². The molecule has 3 heteroatoms. The Hall–Kier alpha value is -1.61. The number of benzene rings is 1. The third-order valence-electron chi connectivity index (χ3n) is 1.98. The molecule has 0 radical (unpaired) electrons. The molecule has 74 valence electrons. The first-order valence-corrected chi connectivity index (χ1v) is 4.31. The van der Waals surface area contributed by atoms with Gasteiger partial charge in [-0.1, -0.05) is 18.2 Å². The zero-order valence-electron chi connectivity index (χ0n) is 8.03. The largest absolute Gasteiger partial charge is 0.392 e. The second kappa shape index (κ2) is 4.58. The summed E-state index contributed by atoms with van der Waals surface area (Å²) in [6.45, 7) is 1.94. The number of aliphatic hydroxyl groups excluding tert-OH is 1. The third-order valence-corrected chi connectivity index (χ3v) is 1.98. The number of carbonyl (C=O) groups excluding carboxylic acids is 1. The summed E-state index contributed by atoms with van der Waals surface area (Å²) in [5.41, 5.74) is 7.76. The fraction of sp³-hybridized carbons (Fsp3) is 0.182. The normalized spacial score (nSPS) is 10.7. The Morgan fingerprint density at radius 1 is 1.57 bits per heavy atom. The topological polar surface area (TPSA) is 63.3 Å². The van der Waals surface area contributed by atoms with Crippen molar-refractivity contribution < 1.29 is 9.90 Å². The van der Waals surface area contributed by atoms with Crippen LogP contribution in [0.1, 0.15) is 16.7 Å². The van der Waals surface area contributed by atoms with E-state index in [-0.39, 0.29) is 6.61 Å². The molecule has 0 unspecified atom stereocenters. The molecule has 0 aliphatic carbocycles. The van der Waals surface area contributed by atoms with Crippen molar-refractivity contribution in [1.82, 2.24) is 0 Å². The van der Waals surface area contributed by atoms with E-state index in [1.165, 1.54) is 6.08 Å². The van der Waals surface area contributed by atoms with Gasteiger partial charge in [0.15, 0.2) is 0 Å². The van der Waals surface area contributed by atoms with E-state index in [0.29, 0.717) is 0 Å². The van der Waals surface area contributed by atoms with Crippen molar-refractivity contribution in [1.29, 1.82) is 0 Å². The summed E-state index contributed by atoms with van der Waals surface area (Å²) in [6, 6.07) is 5.55. The van der Waals surface area contributed by atoms with Crippen LogP contribution in [-0.2, 0) is 11.4 Å².